The standard InChI is InChI=1S/C35H26N2/c1-4-12-26-25(5-2)27-17-11-18-29-32(27)33-30(36-29)19-20-31-34(33)35(37(31)24-15-7-6-8-16-24)28(26)21-23-14-10-9-13-22(23)3/h4-21,36H,2-3H2,1H3/b12-4-,23-21-,26-25?,27-25?,28-26?,35-28?. The van der Waals surface area contributed by atoms with Crippen LogP contribution in [0, 0.1) is 0 Å². The lowest BCUT2D eigenvalue weighted by molar-refractivity contribution is 1.26. The Morgan fingerprint density at radius 1 is 0.730 bits per heavy atom. The van der Waals surface area contributed by atoms with Gasteiger partial charge in [0, 0.05) is 38.4 Å². The van der Waals surface area contributed by atoms with E-state index >= 15 is 0 Å². The molecule has 0 spiro atoms. The number of nitrogens with zero attached hydrogens (tertiary/aromatic N) is 1. The molecule has 7 rings (SSSR count). The van der Waals surface area contributed by atoms with Gasteiger partial charge >= 0.3 is 0 Å². The average molecular weight is 475 g/mol. The number of H-pyrrole nitrogens is 1. The van der Waals surface area contributed by atoms with E-state index in [1.54, 1.807) is 0 Å². The van der Waals surface area contributed by atoms with Crippen molar-refractivity contribution in [3.8, 4) is 0 Å². The summed E-state index contributed by atoms with van der Waals surface area (Å²) < 4.78 is 0. The predicted molar refractivity (Wildman–Crippen MR) is 161 cm³/mol. The topological polar surface area (TPSA) is 19.0 Å². The molecule has 2 heterocycles. The Balaban J connectivity index is 1.80. The minimum Gasteiger partial charge on any atom is -0.354 e. The number of benzene rings is 4. The summed E-state index contributed by atoms with van der Waals surface area (Å²) in [6.45, 7) is 10.7. The van der Waals surface area contributed by atoms with Crippen molar-refractivity contribution in [1.29, 1.82) is 0 Å². The zero-order valence-electron chi connectivity index (χ0n) is 20.8. The number of rotatable bonds is 4. The molecule has 1 aliphatic rings. The molecule has 0 saturated heterocycles. The molecule has 2 nitrogen and oxygen atoms in total. The van der Waals surface area contributed by atoms with Crippen molar-refractivity contribution >= 4 is 74.4 Å². The van der Waals surface area contributed by atoms with Gasteiger partial charge in [-0.05, 0) is 70.3 Å². The summed E-state index contributed by atoms with van der Waals surface area (Å²) in [5.41, 5.74) is 9.32. The molecule has 1 aromatic heterocycles. The lowest BCUT2D eigenvalue weighted by Crippen LogP contribution is -2.24. The molecule has 0 atom stereocenters. The van der Waals surface area contributed by atoms with Gasteiger partial charge in [0.15, 0.2) is 0 Å². The van der Waals surface area contributed by atoms with Crippen molar-refractivity contribution < 1.29 is 0 Å². The highest BCUT2D eigenvalue weighted by Crippen LogP contribution is 2.56. The van der Waals surface area contributed by atoms with E-state index in [9.17, 15) is 0 Å². The van der Waals surface area contributed by atoms with E-state index in [0.717, 1.165) is 43.8 Å². The summed E-state index contributed by atoms with van der Waals surface area (Å²) in [5, 5.41) is 7.14. The van der Waals surface area contributed by atoms with Gasteiger partial charge in [-0.3, -0.25) is 0 Å². The highest BCUT2D eigenvalue weighted by molar-refractivity contribution is 6.32. The minimum absolute atomic E-state index is 1.01. The number of aromatic amines is 1. The fraction of sp³-hybridized carbons (Fsp3) is 0.0286. The number of nitrogens with one attached hydrogen (secondary N) is 1. The monoisotopic (exact) mass is 474 g/mol. The lowest BCUT2D eigenvalue weighted by atomic mass is 9.87. The van der Waals surface area contributed by atoms with E-state index < -0.39 is 0 Å². The van der Waals surface area contributed by atoms with Crippen molar-refractivity contribution in [2.45, 2.75) is 6.92 Å². The van der Waals surface area contributed by atoms with Crippen LogP contribution in [-0.2, 0) is 0 Å². The van der Waals surface area contributed by atoms with Crippen molar-refractivity contribution in [2.24, 2.45) is 0 Å². The van der Waals surface area contributed by atoms with E-state index in [4.69, 9.17) is 0 Å². The van der Waals surface area contributed by atoms with Crippen LogP contribution in [0.1, 0.15) is 23.6 Å². The van der Waals surface area contributed by atoms with Crippen LogP contribution in [0.3, 0.4) is 0 Å². The maximum absolute atomic E-state index is 4.33. The molecule has 0 aliphatic carbocycles. The van der Waals surface area contributed by atoms with Crippen LogP contribution in [0.15, 0.2) is 97.6 Å². The number of aromatic nitrogens is 1. The van der Waals surface area contributed by atoms with Crippen LogP contribution in [0.5, 0.6) is 0 Å². The number of allylic oxidation sites excluding steroid dienone is 1. The van der Waals surface area contributed by atoms with Crippen LogP contribution < -0.4 is 15.3 Å². The number of anilines is 3. The van der Waals surface area contributed by atoms with E-state index in [2.05, 4.69) is 127 Å². The van der Waals surface area contributed by atoms with E-state index in [-0.39, 0.29) is 0 Å². The Morgan fingerprint density at radius 2 is 1.51 bits per heavy atom. The summed E-state index contributed by atoms with van der Waals surface area (Å²) in [4.78, 5) is 6.08. The predicted octanol–water partition coefficient (Wildman–Crippen LogP) is 8.17. The van der Waals surface area contributed by atoms with Crippen LogP contribution in [0.4, 0.5) is 17.1 Å². The maximum atomic E-state index is 4.33. The molecule has 5 aromatic carbocycles. The van der Waals surface area contributed by atoms with Crippen molar-refractivity contribution in [3.63, 3.8) is 0 Å². The Labute approximate surface area is 215 Å². The van der Waals surface area contributed by atoms with Crippen molar-refractivity contribution in [3.05, 3.63) is 125 Å². The van der Waals surface area contributed by atoms with Crippen molar-refractivity contribution in [1.82, 2.24) is 4.98 Å². The Bertz CT molecular complexity index is 2020. The summed E-state index contributed by atoms with van der Waals surface area (Å²) in [7, 11) is 0. The zero-order valence-corrected chi connectivity index (χ0v) is 20.8. The normalized spacial score (nSPS) is 13.2. The Morgan fingerprint density at radius 3 is 2.30 bits per heavy atom. The molecule has 0 radical (unpaired) electrons. The number of para-hydroxylation sites is 1. The Hall–Kier alpha value is -4.82. The minimum atomic E-state index is 1.01. The largest absolute Gasteiger partial charge is 0.354 e. The average Bonchev–Trinajstić information content (AvgIpc) is 3.28. The second-order valence-electron chi connectivity index (χ2n) is 9.54. The zero-order chi connectivity index (χ0) is 25.1. The molecule has 37 heavy (non-hydrogen) atoms. The second-order valence-corrected chi connectivity index (χ2v) is 9.54. The third-order valence-corrected chi connectivity index (χ3v) is 7.50. The molecular formula is C35H26N2. The Kier molecular flexibility index (Phi) is 4.70. The quantitative estimate of drug-likeness (QED) is 0.273. The van der Waals surface area contributed by atoms with Crippen LogP contribution in [0.2, 0.25) is 0 Å². The lowest BCUT2D eigenvalue weighted by Gasteiger charge is -2.38. The molecule has 6 aromatic rings. The van der Waals surface area contributed by atoms with Gasteiger partial charge in [0.25, 0.3) is 0 Å². The molecule has 1 aliphatic heterocycles. The van der Waals surface area contributed by atoms with E-state index in [0.29, 0.717) is 0 Å². The molecule has 1 N–H and O–H groups in total. The molecule has 0 unspecified atom stereocenters. The first-order chi connectivity index (χ1) is 18.2. The SMILES string of the molecule is C=Cc1c(/C=C\C)c(/C=c2/ccccc2=C)c2c3c(ccc4[nH]c5cccc1c5c43)N2c1ccccc1. The first kappa shape index (κ1) is 21.5. The molecule has 0 bridgehead atoms. The van der Waals surface area contributed by atoms with Gasteiger partial charge in [0.05, 0.1) is 11.4 Å². The van der Waals surface area contributed by atoms with Gasteiger partial charge in [-0.1, -0.05) is 86.0 Å². The highest BCUT2D eigenvalue weighted by Gasteiger charge is 2.32. The third-order valence-electron chi connectivity index (χ3n) is 7.50. The van der Waals surface area contributed by atoms with Crippen molar-refractivity contribution in [2.75, 3.05) is 4.90 Å². The summed E-state index contributed by atoms with van der Waals surface area (Å²) in [5.74, 6) is 0. The maximum Gasteiger partial charge on any atom is 0.0641 e. The molecule has 176 valence electrons. The summed E-state index contributed by atoms with van der Waals surface area (Å²) >= 11 is 0. The van der Waals surface area contributed by atoms with Gasteiger partial charge < -0.3 is 9.88 Å². The second kappa shape index (κ2) is 8.11. The molecule has 0 fully saturated rings. The smallest absolute Gasteiger partial charge is 0.0641 e. The molecule has 2 heteroatoms. The molecule has 0 saturated carbocycles. The van der Waals surface area contributed by atoms with Crippen LogP contribution in [-0.4, -0.2) is 4.98 Å². The molecular weight excluding hydrogens is 448 g/mol. The van der Waals surface area contributed by atoms with E-state index in [1.165, 1.54) is 32.9 Å². The fourth-order valence-electron chi connectivity index (χ4n) is 5.92. The third kappa shape index (κ3) is 2.99. The van der Waals surface area contributed by atoms with Gasteiger partial charge in [-0.2, -0.15) is 0 Å². The van der Waals surface area contributed by atoms with E-state index in [1.807, 2.05) is 12.1 Å². The van der Waals surface area contributed by atoms with Crippen LogP contribution >= 0.6 is 0 Å². The first-order valence-electron chi connectivity index (χ1n) is 12.6. The van der Waals surface area contributed by atoms with Gasteiger partial charge in [0.1, 0.15) is 0 Å². The first-order valence-corrected chi connectivity index (χ1v) is 12.6. The van der Waals surface area contributed by atoms with Gasteiger partial charge in [-0.25, -0.2) is 0 Å². The van der Waals surface area contributed by atoms with Crippen LogP contribution in [0.25, 0.3) is 57.4 Å². The number of hydrogen-bond acceptors (Lipinski definition) is 1. The van der Waals surface area contributed by atoms with Gasteiger partial charge in [-0.15, -0.1) is 0 Å². The summed E-state index contributed by atoms with van der Waals surface area (Å²) in [6.07, 6.45) is 8.65. The molecule has 0 amide bonds. The highest BCUT2D eigenvalue weighted by atomic mass is 15.2. The van der Waals surface area contributed by atoms with Gasteiger partial charge in [0.2, 0.25) is 0 Å². The number of hydrogen-bond donors (Lipinski definition) is 1. The summed E-state index contributed by atoms with van der Waals surface area (Å²) in [6, 6.07) is 30.0. The fourth-order valence-corrected chi connectivity index (χ4v) is 5.92.